The van der Waals surface area contributed by atoms with E-state index in [0.29, 0.717) is 5.56 Å². The number of carbonyl (C=O) groups excluding carboxylic acids is 1. The molecular formula is C22H23ClN4O. The van der Waals surface area contributed by atoms with Crippen molar-refractivity contribution in [3.8, 4) is 5.69 Å². The van der Waals surface area contributed by atoms with Crippen LogP contribution in [0.4, 0.5) is 0 Å². The number of halogens is 1. The lowest BCUT2D eigenvalue weighted by Crippen LogP contribution is -2.44. The first-order chi connectivity index (χ1) is 13.7. The highest BCUT2D eigenvalue weighted by Crippen LogP contribution is 2.17. The third kappa shape index (κ3) is 4.61. The van der Waals surface area contributed by atoms with Gasteiger partial charge in [0.25, 0.3) is 5.91 Å². The van der Waals surface area contributed by atoms with E-state index in [9.17, 15) is 4.79 Å². The molecule has 1 aliphatic rings. The molecular weight excluding hydrogens is 372 g/mol. The Hall–Kier alpha value is -2.63. The molecule has 0 unspecified atom stereocenters. The van der Waals surface area contributed by atoms with Crippen LogP contribution in [0, 0.1) is 0 Å². The second-order valence-electron chi connectivity index (χ2n) is 7.15. The van der Waals surface area contributed by atoms with Crippen LogP contribution in [0.5, 0.6) is 0 Å². The largest absolute Gasteiger partial charge is 0.349 e. The molecule has 0 atom stereocenters. The van der Waals surface area contributed by atoms with Crippen molar-refractivity contribution >= 4 is 17.5 Å². The van der Waals surface area contributed by atoms with E-state index in [2.05, 4.69) is 27.4 Å². The fraction of sp³-hybridized carbons (Fsp3) is 0.273. The van der Waals surface area contributed by atoms with E-state index in [-0.39, 0.29) is 11.9 Å². The monoisotopic (exact) mass is 394 g/mol. The van der Waals surface area contributed by atoms with Crippen LogP contribution in [0.15, 0.2) is 67.0 Å². The van der Waals surface area contributed by atoms with E-state index < -0.39 is 0 Å². The number of carbonyl (C=O) groups is 1. The van der Waals surface area contributed by atoms with Gasteiger partial charge in [-0.15, -0.1) is 0 Å². The Labute approximate surface area is 169 Å². The highest BCUT2D eigenvalue weighted by molar-refractivity contribution is 6.30. The minimum Gasteiger partial charge on any atom is -0.349 e. The average molecular weight is 395 g/mol. The fourth-order valence-corrected chi connectivity index (χ4v) is 3.67. The predicted octanol–water partition coefficient (Wildman–Crippen LogP) is 3.92. The number of aromatic nitrogens is 2. The van der Waals surface area contributed by atoms with Gasteiger partial charge in [-0.1, -0.05) is 23.7 Å². The molecule has 0 saturated carbocycles. The van der Waals surface area contributed by atoms with Crippen LogP contribution < -0.4 is 5.32 Å². The second-order valence-corrected chi connectivity index (χ2v) is 7.58. The molecule has 1 saturated heterocycles. The van der Waals surface area contributed by atoms with E-state index in [1.807, 2.05) is 48.7 Å². The Bertz CT molecular complexity index is 899. The molecule has 2 aromatic carbocycles. The maximum absolute atomic E-state index is 12.6. The summed E-state index contributed by atoms with van der Waals surface area (Å²) in [4.78, 5) is 15.0. The third-order valence-corrected chi connectivity index (χ3v) is 5.39. The molecule has 1 fully saturated rings. The topological polar surface area (TPSA) is 50.2 Å². The maximum Gasteiger partial charge on any atom is 0.251 e. The summed E-state index contributed by atoms with van der Waals surface area (Å²) in [6, 6.07) is 17.6. The standard InChI is InChI=1S/C22H23ClN4O/c23-19-6-2-17(3-7-19)16-26-14-10-20(11-15-26)25-22(28)18-4-8-21(9-5-18)27-13-1-12-24-27/h1-9,12-13,20H,10-11,14-16H2,(H,25,28). The lowest BCUT2D eigenvalue weighted by molar-refractivity contribution is 0.0909. The van der Waals surface area contributed by atoms with E-state index in [0.717, 1.165) is 43.2 Å². The van der Waals surface area contributed by atoms with Crippen LogP contribution in [0.25, 0.3) is 5.69 Å². The Balaban J connectivity index is 1.27. The van der Waals surface area contributed by atoms with Crippen molar-refractivity contribution in [2.24, 2.45) is 0 Å². The van der Waals surface area contributed by atoms with E-state index in [1.165, 1.54) is 5.56 Å². The SMILES string of the molecule is O=C(NC1CCN(Cc2ccc(Cl)cc2)CC1)c1ccc(-n2cccn2)cc1. The van der Waals surface area contributed by atoms with Crippen LogP contribution in [0.2, 0.25) is 5.02 Å². The summed E-state index contributed by atoms with van der Waals surface area (Å²) in [5.74, 6) is -0.0110. The van der Waals surface area contributed by atoms with E-state index in [1.54, 1.807) is 10.9 Å². The highest BCUT2D eigenvalue weighted by Gasteiger charge is 2.21. The molecule has 1 aromatic heterocycles. The number of nitrogens with zero attached hydrogens (tertiary/aromatic N) is 3. The Morgan fingerprint density at radius 2 is 1.79 bits per heavy atom. The normalized spacial score (nSPS) is 15.5. The summed E-state index contributed by atoms with van der Waals surface area (Å²) in [5, 5.41) is 8.14. The molecule has 3 aromatic rings. The number of amides is 1. The van der Waals surface area contributed by atoms with Gasteiger partial charge in [0.1, 0.15) is 0 Å². The molecule has 0 radical (unpaired) electrons. The molecule has 2 heterocycles. The van der Waals surface area contributed by atoms with Crippen molar-refractivity contribution in [3.05, 3.63) is 83.1 Å². The molecule has 1 amide bonds. The summed E-state index contributed by atoms with van der Waals surface area (Å²) in [6.45, 7) is 2.88. The van der Waals surface area contributed by atoms with Gasteiger partial charge in [0, 0.05) is 48.7 Å². The fourth-order valence-electron chi connectivity index (χ4n) is 3.54. The molecule has 0 aliphatic carbocycles. The first-order valence-corrected chi connectivity index (χ1v) is 9.93. The van der Waals surface area contributed by atoms with Crippen molar-refractivity contribution < 1.29 is 4.79 Å². The zero-order valence-corrected chi connectivity index (χ0v) is 16.3. The second kappa shape index (κ2) is 8.59. The van der Waals surface area contributed by atoms with Crippen LogP contribution in [-0.2, 0) is 6.54 Å². The van der Waals surface area contributed by atoms with Gasteiger partial charge in [-0.3, -0.25) is 9.69 Å². The molecule has 6 heteroatoms. The minimum atomic E-state index is -0.0110. The number of hydrogen-bond acceptors (Lipinski definition) is 3. The van der Waals surface area contributed by atoms with Gasteiger partial charge in [-0.2, -0.15) is 5.10 Å². The van der Waals surface area contributed by atoms with Gasteiger partial charge in [0.2, 0.25) is 0 Å². The lowest BCUT2D eigenvalue weighted by Gasteiger charge is -2.32. The van der Waals surface area contributed by atoms with Crippen LogP contribution in [0.1, 0.15) is 28.8 Å². The summed E-state index contributed by atoms with van der Waals surface area (Å²) < 4.78 is 1.78. The number of nitrogens with one attached hydrogen (secondary N) is 1. The van der Waals surface area contributed by atoms with Crippen molar-refractivity contribution in [1.29, 1.82) is 0 Å². The summed E-state index contributed by atoms with van der Waals surface area (Å²) in [5.41, 5.74) is 2.89. The van der Waals surface area contributed by atoms with Crippen LogP contribution in [0.3, 0.4) is 0 Å². The van der Waals surface area contributed by atoms with Gasteiger partial charge < -0.3 is 5.32 Å². The number of rotatable bonds is 5. The average Bonchev–Trinajstić information content (AvgIpc) is 3.26. The molecule has 0 spiro atoms. The Kier molecular flexibility index (Phi) is 5.74. The molecule has 5 nitrogen and oxygen atoms in total. The quantitative estimate of drug-likeness (QED) is 0.713. The number of benzene rings is 2. The third-order valence-electron chi connectivity index (χ3n) is 5.14. The molecule has 144 valence electrons. The van der Waals surface area contributed by atoms with E-state index in [4.69, 9.17) is 11.6 Å². The van der Waals surface area contributed by atoms with Crippen molar-refractivity contribution in [2.45, 2.75) is 25.4 Å². The summed E-state index contributed by atoms with van der Waals surface area (Å²) >= 11 is 5.95. The smallest absolute Gasteiger partial charge is 0.251 e. The highest BCUT2D eigenvalue weighted by atomic mass is 35.5. The van der Waals surface area contributed by atoms with Crippen molar-refractivity contribution in [1.82, 2.24) is 20.0 Å². The zero-order chi connectivity index (χ0) is 19.3. The van der Waals surface area contributed by atoms with Crippen LogP contribution in [-0.4, -0.2) is 39.7 Å². The summed E-state index contributed by atoms with van der Waals surface area (Å²) in [6.07, 6.45) is 5.54. The molecule has 28 heavy (non-hydrogen) atoms. The maximum atomic E-state index is 12.6. The van der Waals surface area contributed by atoms with Crippen molar-refractivity contribution in [2.75, 3.05) is 13.1 Å². The number of likely N-dealkylation sites (tertiary alicyclic amines) is 1. The Morgan fingerprint density at radius 1 is 1.07 bits per heavy atom. The molecule has 4 rings (SSSR count). The molecule has 0 bridgehead atoms. The van der Waals surface area contributed by atoms with Crippen molar-refractivity contribution in [3.63, 3.8) is 0 Å². The first kappa shape index (κ1) is 18.7. The van der Waals surface area contributed by atoms with E-state index >= 15 is 0 Å². The molecule has 1 aliphatic heterocycles. The number of piperidine rings is 1. The Morgan fingerprint density at radius 3 is 2.43 bits per heavy atom. The van der Waals surface area contributed by atoms with Gasteiger partial charge in [-0.05, 0) is 60.9 Å². The van der Waals surface area contributed by atoms with Crippen LogP contribution >= 0.6 is 11.6 Å². The first-order valence-electron chi connectivity index (χ1n) is 9.55. The number of hydrogen-bond donors (Lipinski definition) is 1. The minimum absolute atomic E-state index is 0.0110. The van der Waals surface area contributed by atoms with Gasteiger partial charge in [0.05, 0.1) is 5.69 Å². The van der Waals surface area contributed by atoms with Gasteiger partial charge in [-0.25, -0.2) is 4.68 Å². The van der Waals surface area contributed by atoms with Gasteiger partial charge >= 0.3 is 0 Å². The van der Waals surface area contributed by atoms with Gasteiger partial charge in [0.15, 0.2) is 0 Å². The lowest BCUT2D eigenvalue weighted by atomic mass is 10.0. The molecule has 1 N–H and O–H groups in total. The summed E-state index contributed by atoms with van der Waals surface area (Å²) in [7, 11) is 0. The predicted molar refractivity (Wildman–Crippen MR) is 111 cm³/mol. The zero-order valence-electron chi connectivity index (χ0n) is 15.6.